The molecule has 3 heteroatoms. The summed E-state index contributed by atoms with van der Waals surface area (Å²) in [6.45, 7) is 6.75. The lowest BCUT2D eigenvalue weighted by atomic mass is 9.89. The Balaban J connectivity index is 2.76. The van der Waals surface area contributed by atoms with E-state index in [2.05, 4.69) is 26.8 Å². The average molecular weight is 218 g/mol. The minimum Gasteiger partial charge on any atom is -0.489 e. The van der Waals surface area contributed by atoms with Gasteiger partial charge in [0.1, 0.15) is 11.9 Å². The van der Waals surface area contributed by atoms with Crippen LogP contribution in [0.2, 0.25) is 0 Å². The lowest BCUT2D eigenvalue weighted by Crippen LogP contribution is -2.38. The number of rotatable bonds is 3. The standard InChI is InChI=1S/C13H18N2O/c1-13(2,3)12(9-15)16-11-6-4-10(8-14)5-7-11/h4-7,12H,9,15H2,1-3H3. The van der Waals surface area contributed by atoms with Crippen LogP contribution in [-0.4, -0.2) is 12.6 Å². The van der Waals surface area contributed by atoms with Crippen molar-refractivity contribution in [3.8, 4) is 11.8 Å². The Bertz CT molecular complexity index is 370. The zero-order chi connectivity index (χ0) is 12.2. The van der Waals surface area contributed by atoms with Crippen molar-refractivity contribution >= 4 is 0 Å². The lowest BCUT2D eigenvalue weighted by Gasteiger charge is -2.30. The first-order chi connectivity index (χ1) is 7.47. The van der Waals surface area contributed by atoms with Crippen molar-refractivity contribution in [2.45, 2.75) is 26.9 Å². The molecular formula is C13H18N2O. The van der Waals surface area contributed by atoms with Crippen LogP contribution >= 0.6 is 0 Å². The molecule has 0 bridgehead atoms. The summed E-state index contributed by atoms with van der Waals surface area (Å²) >= 11 is 0. The Morgan fingerprint density at radius 1 is 1.31 bits per heavy atom. The third-order valence-corrected chi connectivity index (χ3v) is 2.44. The van der Waals surface area contributed by atoms with Crippen LogP contribution < -0.4 is 10.5 Å². The first-order valence-electron chi connectivity index (χ1n) is 5.34. The molecule has 0 radical (unpaired) electrons. The molecule has 2 N–H and O–H groups in total. The van der Waals surface area contributed by atoms with Gasteiger partial charge in [0.2, 0.25) is 0 Å². The van der Waals surface area contributed by atoms with Crippen LogP contribution in [0.4, 0.5) is 0 Å². The number of nitrogens with zero attached hydrogens (tertiary/aromatic N) is 1. The van der Waals surface area contributed by atoms with Crippen molar-refractivity contribution in [2.24, 2.45) is 11.1 Å². The number of hydrogen-bond donors (Lipinski definition) is 1. The molecule has 1 unspecified atom stereocenters. The van der Waals surface area contributed by atoms with E-state index < -0.39 is 0 Å². The molecule has 3 nitrogen and oxygen atoms in total. The number of nitrogens with two attached hydrogens (primary N) is 1. The van der Waals surface area contributed by atoms with Crippen LogP contribution in [0.5, 0.6) is 5.75 Å². The van der Waals surface area contributed by atoms with Gasteiger partial charge in [0.15, 0.2) is 0 Å². The van der Waals surface area contributed by atoms with Crippen molar-refractivity contribution in [2.75, 3.05) is 6.54 Å². The molecule has 1 rings (SSSR count). The van der Waals surface area contributed by atoms with Crippen molar-refractivity contribution in [1.82, 2.24) is 0 Å². The fourth-order valence-corrected chi connectivity index (χ4v) is 1.35. The highest BCUT2D eigenvalue weighted by Crippen LogP contribution is 2.24. The topological polar surface area (TPSA) is 59.0 Å². The monoisotopic (exact) mass is 218 g/mol. The predicted octanol–water partition coefficient (Wildman–Crippen LogP) is 2.31. The van der Waals surface area contributed by atoms with Crippen LogP contribution in [-0.2, 0) is 0 Å². The molecule has 0 saturated carbocycles. The summed E-state index contributed by atoms with van der Waals surface area (Å²) in [5.74, 6) is 0.754. The van der Waals surface area contributed by atoms with Gasteiger partial charge in [-0.15, -0.1) is 0 Å². The molecule has 0 amide bonds. The zero-order valence-electron chi connectivity index (χ0n) is 10.0. The highest BCUT2D eigenvalue weighted by Gasteiger charge is 2.24. The number of benzene rings is 1. The molecule has 86 valence electrons. The smallest absolute Gasteiger partial charge is 0.119 e. The van der Waals surface area contributed by atoms with E-state index in [9.17, 15) is 0 Å². The Hall–Kier alpha value is -1.53. The molecular weight excluding hydrogens is 200 g/mol. The first-order valence-corrected chi connectivity index (χ1v) is 5.34. The fourth-order valence-electron chi connectivity index (χ4n) is 1.35. The molecule has 0 aromatic heterocycles. The second kappa shape index (κ2) is 5.00. The molecule has 0 heterocycles. The third-order valence-electron chi connectivity index (χ3n) is 2.44. The summed E-state index contributed by atoms with van der Waals surface area (Å²) in [6.07, 6.45) is -0.0274. The van der Waals surface area contributed by atoms with Gasteiger partial charge in [0, 0.05) is 12.0 Å². The van der Waals surface area contributed by atoms with Crippen molar-refractivity contribution in [3.63, 3.8) is 0 Å². The van der Waals surface area contributed by atoms with E-state index in [1.807, 2.05) is 0 Å². The maximum absolute atomic E-state index is 8.67. The van der Waals surface area contributed by atoms with E-state index in [0.29, 0.717) is 12.1 Å². The van der Waals surface area contributed by atoms with Crippen LogP contribution in [0.15, 0.2) is 24.3 Å². The van der Waals surface area contributed by atoms with Crippen LogP contribution in [0, 0.1) is 16.7 Å². The van der Waals surface area contributed by atoms with Gasteiger partial charge in [-0.05, 0) is 24.3 Å². The fraction of sp³-hybridized carbons (Fsp3) is 0.462. The summed E-state index contributed by atoms with van der Waals surface area (Å²) in [4.78, 5) is 0. The molecule has 1 atom stereocenters. The maximum Gasteiger partial charge on any atom is 0.119 e. The van der Waals surface area contributed by atoms with Crippen LogP contribution in [0.1, 0.15) is 26.3 Å². The van der Waals surface area contributed by atoms with Crippen LogP contribution in [0.3, 0.4) is 0 Å². The normalized spacial score (nSPS) is 12.9. The molecule has 0 fully saturated rings. The summed E-state index contributed by atoms with van der Waals surface area (Å²) in [5, 5.41) is 8.67. The molecule has 0 saturated heterocycles. The van der Waals surface area contributed by atoms with Gasteiger partial charge in [0.25, 0.3) is 0 Å². The number of ether oxygens (including phenoxy) is 1. The van der Waals surface area contributed by atoms with E-state index in [0.717, 1.165) is 5.75 Å². The number of hydrogen-bond acceptors (Lipinski definition) is 3. The second-order valence-electron chi connectivity index (χ2n) is 4.84. The van der Waals surface area contributed by atoms with E-state index in [-0.39, 0.29) is 11.5 Å². The summed E-state index contributed by atoms with van der Waals surface area (Å²) < 4.78 is 5.79. The number of nitriles is 1. The summed E-state index contributed by atoms with van der Waals surface area (Å²) in [6, 6.07) is 9.15. The van der Waals surface area contributed by atoms with Gasteiger partial charge in [-0.25, -0.2) is 0 Å². The molecule has 16 heavy (non-hydrogen) atoms. The van der Waals surface area contributed by atoms with Gasteiger partial charge >= 0.3 is 0 Å². The van der Waals surface area contributed by atoms with E-state index >= 15 is 0 Å². The minimum absolute atomic E-state index is 0.00263. The molecule has 0 aliphatic carbocycles. The third kappa shape index (κ3) is 3.25. The minimum atomic E-state index is -0.0274. The van der Waals surface area contributed by atoms with E-state index in [4.69, 9.17) is 15.7 Å². The Labute approximate surface area is 96.8 Å². The zero-order valence-corrected chi connectivity index (χ0v) is 10.0. The molecule has 1 aromatic rings. The quantitative estimate of drug-likeness (QED) is 0.847. The Morgan fingerprint density at radius 2 is 1.88 bits per heavy atom. The molecule has 1 aromatic carbocycles. The van der Waals surface area contributed by atoms with Crippen molar-refractivity contribution < 1.29 is 4.74 Å². The lowest BCUT2D eigenvalue weighted by molar-refractivity contribution is 0.0942. The van der Waals surface area contributed by atoms with Crippen LogP contribution in [0.25, 0.3) is 0 Å². The van der Waals surface area contributed by atoms with Crippen molar-refractivity contribution in [1.29, 1.82) is 5.26 Å². The Kier molecular flexibility index (Phi) is 3.92. The highest BCUT2D eigenvalue weighted by molar-refractivity contribution is 5.34. The van der Waals surface area contributed by atoms with Gasteiger partial charge in [-0.3, -0.25) is 0 Å². The maximum atomic E-state index is 8.67. The first kappa shape index (κ1) is 12.5. The van der Waals surface area contributed by atoms with E-state index in [1.54, 1.807) is 24.3 Å². The van der Waals surface area contributed by atoms with Crippen molar-refractivity contribution in [3.05, 3.63) is 29.8 Å². The molecule has 0 aliphatic heterocycles. The SMILES string of the molecule is CC(C)(C)C(CN)Oc1ccc(C#N)cc1. The summed E-state index contributed by atoms with van der Waals surface area (Å²) in [7, 11) is 0. The second-order valence-corrected chi connectivity index (χ2v) is 4.84. The molecule has 0 aliphatic rings. The largest absolute Gasteiger partial charge is 0.489 e. The van der Waals surface area contributed by atoms with Gasteiger partial charge in [0.05, 0.1) is 11.6 Å². The predicted molar refractivity (Wildman–Crippen MR) is 64.1 cm³/mol. The van der Waals surface area contributed by atoms with E-state index in [1.165, 1.54) is 0 Å². The highest BCUT2D eigenvalue weighted by atomic mass is 16.5. The molecule has 0 spiro atoms. The van der Waals surface area contributed by atoms with Gasteiger partial charge in [-0.1, -0.05) is 20.8 Å². The Morgan fingerprint density at radius 3 is 2.25 bits per heavy atom. The van der Waals surface area contributed by atoms with Gasteiger partial charge in [-0.2, -0.15) is 5.26 Å². The van der Waals surface area contributed by atoms with Gasteiger partial charge < -0.3 is 10.5 Å². The summed E-state index contributed by atoms with van der Waals surface area (Å²) in [5.41, 5.74) is 6.32. The average Bonchev–Trinajstić information content (AvgIpc) is 2.25.